The molecule has 0 fully saturated rings. The van der Waals surface area contributed by atoms with Gasteiger partial charge in [0.25, 0.3) is 0 Å². The average Bonchev–Trinajstić information content (AvgIpc) is 3.78. The van der Waals surface area contributed by atoms with E-state index in [0.29, 0.717) is 17.5 Å². The molecule has 0 unspecified atom stereocenters. The van der Waals surface area contributed by atoms with Gasteiger partial charge in [0, 0.05) is 44.0 Å². The standard InChI is InChI=1S/C51H38N4/c1-50(2)38-24-14-11-21-35(38)41-42-37-23-13-16-26-40(37)55(46(42)45-43(44(41)50)36-22-12-15-25-39(36)51(45,3)4)34-29-27-33(28-30-34)49-53-47(31-17-7-5-8-18-31)52-48(54-49)32-19-9-6-10-20-32/h5-30H,1-4H3. The van der Waals surface area contributed by atoms with Crippen LogP contribution >= 0.6 is 0 Å². The van der Waals surface area contributed by atoms with Gasteiger partial charge >= 0.3 is 0 Å². The Bertz CT molecular complexity index is 2950. The van der Waals surface area contributed by atoms with Crippen LogP contribution in [0, 0.1) is 0 Å². The van der Waals surface area contributed by atoms with Crippen molar-refractivity contribution in [2.24, 2.45) is 0 Å². The molecule has 7 aromatic carbocycles. The third-order valence-electron chi connectivity index (χ3n) is 12.2. The van der Waals surface area contributed by atoms with Crippen LogP contribution in [0.4, 0.5) is 0 Å². The van der Waals surface area contributed by atoms with Crippen molar-refractivity contribution < 1.29 is 0 Å². The van der Waals surface area contributed by atoms with Gasteiger partial charge < -0.3 is 4.57 Å². The molecule has 0 amide bonds. The lowest BCUT2D eigenvalue weighted by Gasteiger charge is -2.28. The van der Waals surface area contributed by atoms with Gasteiger partial charge in [0.1, 0.15) is 0 Å². The van der Waals surface area contributed by atoms with E-state index in [-0.39, 0.29) is 10.8 Å². The number of nitrogens with zero attached hydrogens (tertiary/aromatic N) is 4. The molecule has 262 valence electrons. The molecule has 11 rings (SSSR count). The van der Waals surface area contributed by atoms with Crippen molar-refractivity contribution in [3.63, 3.8) is 0 Å². The van der Waals surface area contributed by atoms with Crippen LogP contribution in [0.25, 0.3) is 83.9 Å². The summed E-state index contributed by atoms with van der Waals surface area (Å²) in [4.78, 5) is 15.0. The number of hydrogen-bond donors (Lipinski definition) is 0. The Balaban J connectivity index is 1.19. The van der Waals surface area contributed by atoms with Crippen LogP contribution in [0.3, 0.4) is 0 Å². The van der Waals surface area contributed by atoms with Crippen molar-refractivity contribution >= 4 is 21.8 Å². The van der Waals surface area contributed by atoms with Gasteiger partial charge in [-0.3, -0.25) is 0 Å². The molecule has 0 N–H and O–H groups in total. The fourth-order valence-electron chi connectivity index (χ4n) is 9.72. The van der Waals surface area contributed by atoms with Crippen LogP contribution in [-0.4, -0.2) is 19.5 Å². The van der Waals surface area contributed by atoms with Gasteiger partial charge in [-0.2, -0.15) is 0 Å². The van der Waals surface area contributed by atoms with Crippen molar-refractivity contribution in [2.45, 2.75) is 38.5 Å². The van der Waals surface area contributed by atoms with Crippen molar-refractivity contribution in [1.82, 2.24) is 19.5 Å². The molecule has 0 saturated heterocycles. The molecule has 2 aliphatic carbocycles. The molecule has 2 aromatic heterocycles. The first-order valence-corrected chi connectivity index (χ1v) is 19.1. The largest absolute Gasteiger partial charge is 0.309 e. The summed E-state index contributed by atoms with van der Waals surface area (Å²) in [7, 11) is 0. The average molecular weight is 707 g/mol. The molecule has 2 heterocycles. The van der Waals surface area contributed by atoms with Crippen LogP contribution < -0.4 is 0 Å². The van der Waals surface area contributed by atoms with Crippen LogP contribution in [0.2, 0.25) is 0 Å². The molecule has 4 heteroatoms. The molecule has 0 spiro atoms. The van der Waals surface area contributed by atoms with E-state index in [1.54, 1.807) is 0 Å². The highest BCUT2D eigenvalue weighted by atomic mass is 15.0. The van der Waals surface area contributed by atoms with E-state index in [1.165, 1.54) is 66.3 Å². The summed E-state index contributed by atoms with van der Waals surface area (Å²) in [6.45, 7) is 9.67. The van der Waals surface area contributed by atoms with Gasteiger partial charge in [-0.25, -0.2) is 15.0 Å². The zero-order chi connectivity index (χ0) is 37.1. The summed E-state index contributed by atoms with van der Waals surface area (Å²) in [5.74, 6) is 1.96. The summed E-state index contributed by atoms with van der Waals surface area (Å²) in [5, 5.41) is 2.61. The maximum Gasteiger partial charge on any atom is 0.164 e. The second-order valence-electron chi connectivity index (χ2n) is 16.0. The van der Waals surface area contributed by atoms with Crippen LogP contribution in [0.5, 0.6) is 0 Å². The van der Waals surface area contributed by atoms with Crippen molar-refractivity contribution in [1.29, 1.82) is 0 Å². The van der Waals surface area contributed by atoms with Gasteiger partial charge in [0.2, 0.25) is 0 Å². The number of fused-ring (bicyclic) bond motifs is 12. The monoisotopic (exact) mass is 706 g/mol. The van der Waals surface area contributed by atoms with Crippen LogP contribution in [0.1, 0.15) is 49.9 Å². The minimum atomic E-state index is -0.220. The molecule has 9 aromatic rings. The van der Waals surface area contributed by atoms with E-state index >= 15 is 0 Å². The Morgan fingerprint density at radius 2 is 0.873 bits per heavy atom. The fraction of sp³-hybridized carbons (Fsp3) is 0.118. The Hall–Kier alpha value is -6.65. The predicted molar refractivity (Wildman–Crippen MR) is 226 cm³/mol. The van der Waals surface area contributed by atoms with Crippen LogP contribution in [0.15, 0.2) is 158 Å². The van der Waals surface area contributed by atoms with E-state index in [1.807, 2.05) is 60.7 Å². The predicted octanol–water partition coefficient (Wildman–Crippen LogP) is 12.6. The highest BCUT2D eigenvalue weighted by Crippen LogP contribution is 2.63. The molecule has 0 saturated carbocycles. The second kappa shape index (κ2) is 11.4. The normalized spacial score (nSPS) is 14.5. The number of benzene rings is 7. The maximum atomic E-state index is 5.03. The SMILES string of the molecule is CC1(C)c2ccccc2-c2c1c1c(c3c2c2ccccc2n3-c2ccc(-c3nc(-c4ccccc4)nc(-c4ccccc4)n3)cc2)C(C)(C)c2ccccc2-1. The number of hydrogen-bond acceptors (Lipinski definition) is 3. The summed E-state index contributed by atoms with van der Waals surface area (Å²) >= 11 is 0. The topological polar surface area (TPSA) is 43.6 Å². The summed E-state index contributed by atoms with van der Waals surface area (Å²) < 4.78 is 2.52. The first-order chi connectivity index (χ1) is 26.8. The molecular weight excluding hydrogens is 669 g/mol. The zero-order valence-electron chi connectivity index (χ0n) is 31.3. The Labute approximate surface area is 320 Å². The lowest BCUT2D eigenvalue weighted by atomic mass is 9.76. The highest BCUT2D eigenvalue weighted by Gasteiger charge is 2.47. The fourth-order valence-corrected chi connectivity index (χ4v) is 9.72. The van der Waals surface area contributed by atoms with E-state index < -0.39 is 0 Å². The number of rotatable bonds is 4. The van der Waals surface area contributed by atoms with Crippen molar-refractivity contribution in [2.75, 3.05) is 0 Å². The molecule has 0 bridgehead atoms. The molecule has 4 nitrogen and oxygen atoms in total. The second-order valence-corrected chi connectivity index (χ2v) is 16.0. The smallest absolute Gasteiger partial charge is 0.164 e. The minimum Gasteiger partial charge on any atom is -0.309 e. The molecule has 2 aliphatic rings. The summed E-state index contributed by atoms with van der Waals surface area (Å²) in [6, 6.07) is 56.3. The summed E-state index contributed by atoms with van der Waals surface area (Å²) in [5.41, 5.74) is 17.2. The number of aromatic nitrogens is 4. The Morgan fingerprint density at radius 3 is 1.45 bits per heavy atom. The van der Waals surface area contributed by atoms with E-state index in [0.717, 1.165) is 22.4 Å². The van der Waals surface area contributed by atoms with Crippen LogP contribution in [-0.2, 0) is 10.8 Å². The minimum absolute atomic E-state index is 0.162. The summed E-state index contributed by atoms with van der Waals surface area (Å²) in [6.07, 6.45) is 0. The van der Waals surface area contributed by atoms with Gasteiger partial charge in [-0.1, -0.05) is 155 Å². The van der Waals surface area contributed by atoms with E-state index in [2.05, 4.69) is 129 Å². The molecular formula is C51H38N4. The first kappa shape index (κ1) is 31.8. The van der Waals surface area contributed by atoms with Gasteiger partial charge in [-0.15, -0.1) is 0 Å². The van der Waals surface area contributed by atoms with Gasteiger partial charge in [0.15, 0.2) is 17.5 Å². The van der Waals surface area contributed by atoms with E-state index in [9.17, 15) is 0 Å². The lowest BCUT2D eigenvalue weighted by molar-refractivity contribution is 0.650. The van der Waals surface area contributed by atoms with E-state index in [4.69, 9.17) is 15.0 Å². The van der Waals surface area contributed by atoms with Gasteiger partial charge in [0.05, 0.1) is 11.0 Å². The zero-order valence-corrected chi connectivity index (χ0v) is 31.3. The molecule has 55 heavy (non-hydrogen) atoms. The molecule has 0 aliphatic heterocycles. The van der Waals surface area contributed by atoms with Crippen molar-refractivity contribution in [3.8, 4) is 62.1 Å². The van der Waals surface area contributed by atoms with Gasteiger partial charge in [-0.05, 0) is 74.8 Å². The lowest BCUT2D eigenvalue weighted by Crippen LogP contribution is -2.19. The number of para-hydroxylation sites is 1. The quantitative estimate of drug-likeness (QED) is 0.183. The van der Waals surface area contributed by atoms with Crippen molar-refractivity contribution in [3.05, 3.63) is 180 Å². The Morgan fingerprint density at radius 1 is 0.418 bits per heavy atom. The first-order valence-electron chi connectivity index (χ1n) is 19.1. The highest BCUT2D eigenvalue weighted by molar-refractivity contribution is 6.22. The Kier molecular flexibility index (Phi) is 6.61. The maximum absolute atomic E-state index is 5.03. The third-order valence-corrected chi connectivity index (χ3v) is 12.2. The third kappa shape index (κ3) is 4.42. The molecule has 0 atom stereocenters. The molecule has 0 radical (unpaired) electrons.